The van der Waals surface area contributed by atoms with Gasteiger partial charge in [0.2, 0.25) is 0 Å². The van der Waals surface area contributed by atoms with Gasteiger partial charge in [0.1, 0.15) is 0 Å². The maximum absolute atomic E-state index is 4.24. The van der Waals surface area contributed by atoms with Gasteiger partial charge in [-0.3, -0.25) is 0 Å². The van der Waals surface area contributed by atoms with Gasteiger partial charge in [-0.2, -0.15) is 12.6 Å². The summed E-state index contributed by atoms with van der Waals surface area (Å²) in [7, 11) is 0. The molecular formula is C9H9NS. The zero-order valence-electron chi connectivity index (χ0n) is 6.04. The first-order valence-electron chi connectivity index (χ1n) is 3.57. The van der Waals surface area contributed by atoms with Crippen molar-refractivity contribution in [2.24, 2.45) is 0 Å². The van der Waals surface area contributed by atoms with Crippen LogP contribution < -0.4 is 0 Å². The third-order valence-corrected chi connectivity index (χ3v) is 2.18. The lowest BCUT2D eigenvalue weighted by Crippen LogP contribution is -1.78. The van der Waals surface area contributed by atoms with Crippen LogP contribution in [0.25, 0.3) is 10.9 Å². The molecule has 0 fully saturated rings. The first-order chi connectivity index (χ1) is 5.42. The molecule has 0 atom stereocenters. The standard InChI is InChI=1S/C9H9NS/c11-6-8-3-1-2-7-4-5-10-9(7)8/h1-5,10-11H,6H2. The van der Waals surface area contributed by atoms with Gasteiger partial charge < -0.3 is 4.98 Å². The van der Waals surface area contributed by atoms with Gasteiger partial charge in [-0.25, -0.2) is 0 Å². The largest absolute Gasteiger partial charge is 0.361 e. The number of thiol groups is 1. The van der Waals surface area contributed by atoms with Crippen molar-refractivity contribution in [2.75, 3.05) is 0 Å². The van der Waals surface area contributed by atoms with Crippen molar-refractivity contribution in [3.63, 3.8) is 0 Å². The topological polar surface area (TPSA) is 15.8 Å². The molecule has 0 radical (unpaired) electrons. The molecule has 2 heteroatoms. The van der Waals surface area contributed by atoms with Crippen LogP contribution in [-0.2, 0) is 5.75 Å². The molecule has 0 bridgehead atoms. The Morgan fingerprint density at radius 2 is 2.18 bits per heavy atom. The fourth-order valence-corrected chi connectivity index (χ4v) is 1.54. The smallest absolute Gasteiger partial charge is 0.0494 e. The summed E-state index contributed by atoms with van der Waals surface area (Å²) in [6.07, 6.45) is 1.96. The molecule has 0 spiro atoms. The van der Waals surface area contributed by atoms with Crippen molar-refractivity contribution >= 4 is 23.5 Å². The third kappa shape index (κ3) is 1.03. The molecule has 1 aromatic heterocycles. The number of rotatable bonds is 1. The van der Waals surface area contributed by atoms with Crippen molar-refractivity contribution in [3.05, 3.63) is 36.0 Å². The lowest BCUT2D eigenvalue weighted by Gasteiger charge is -1.96. The second kappa shape index (κ2) is 2.62. The van der Waals surface area contributed by atoms with E-state index in [9.17, 15) is 0 Å². The van der Waals surface area contributed by atoms with Crippen LogP contribution in [0.2, 0.25) is 0 Å². The highest BCUT2D eigenvalue weighted by atomic mass is 32.1. The summed E-state index contributed by atoms with van der Waals surface area (Å²) in [6.45, 7) is 0. The number of benzene rings is 1. The Balaban J connectivity index is 2.79. The Labute approximate surface area is 70.8 Å². The van der Waals surface area contributed by atoms with Crippen LogP contribution in [0.3, 0.4) is 0 Å². The molecular weight excluding hydrogens is 154 g/mol. The molecule has 0 amide bonds. The van der Waals surface area contributed by atoms with Gasteiger partial charge in [0.05, 0.1) is 0 Å². The summed E-state index contributed by atoms with van der Waals surface area (Å²) in [4.78, 5) is 3.19. The maximum Gasteiger partial charge on any atom is 0.0494 e. The molecule has 11 heavy (non-hydrogen) atoms. The highest BCUT2D eigenvalue weighted by molar-refractivity contribution is 7.79. The third-order valence-electron chi connectivity index (χ3n) is 1.84. The molecule has 0 saturated heterocycles. The summed E-state index contributed by atoms with van der Waals surface area (Å²) < 4.78 is 0. The van der Waals surface area contributed by atoms with Crippen molar-refractivity contribution in [3.8, 4) is 0 Å². The van der Waals surface area contributed by atoms with Crippen LogP contribution in [-0.4, -0.2) is 4.98 Å². The molecule has 1 N–H and O–H groups in total. The molecule has 56 valence electrons. The predicted octanol–water partition coefficient (Wildman–Crippen LogP) is 2.60. The van der Waals surface area contributed by atoms with Crippen LogP contribution in [0.1, 0.15) is 5.56 Å². The number of aromatic amines is 1. The first-order valence-corrected chi connectivity index (χ1v) is 4.21. The van der Waals surface area contributed by atoms with Gasteiger partial charge in [-0.15, -0.1) is 0 Å². The summed E-state index contributed by atoms with van der Waals surface area (Å²) in [6, 6.07) is 8.31. The molecule has 2 rings (SSSR count). The van der Waals surface area contributed by atoms with E-state index in [2.05, 4.69) is 41.9 Å². The summed E-state index contributed by atoms with van der Waals surface area (Å²) in [5.74, 6) is 0.790. The molecule has 0 aliphatic carbocycles. The highest BCUT2D eigenvalue weighted by Crippen LogP contribution is 2.17. The molecule has 0 saturated carbocycles. The lowest BCUT2D eigenvalue weighted by atomic mass is 10.2. The molecule has 0 unspecified atom stereocenters. The fraction of sp³-hybridized carbons (Fsp3) is 0.111. The Hall–Kier alpha value is -0.890. The van der Waals surface area contributed by atoms with E-state index in [-0.39, 0.29) is 0 Å². The summed E-state index contributed by atoms with van der Waals surface area (Å²) >= 11 is 4.24. The SMILES string of the molecule is SCc1cccc2cc[nH]c12. The Bertz CT molecular complexity index is 364. The molecule has 2 aromatic rings. The minimum Gasteiger partial charge on any atom is -0.361 e. The van der Waals surface area contributed by atoms with Gasteiger partial charge in [-0.1, -0.05) is 18.2 Å². The average Bonchev–Trinajstić information content (AvgIpc) is 2.50. The van der Waals surface area contributed by atoms with E-state index in [0.717, 1.165) is 5.75 Å². The van der Waals surface area contributed by atoms with Crippen LogP contribution in [0, 0.1) is 0 Å². The maximum atomic E-state index is 4.24. The van der Waals surface area contributed by atoms with E-state index in [1.807, 2.05) is 6.20 Å². The fourth-order valence-electron chi connectivity index (χ4n) is 1.28. The minimum atomic E-state index is 0.790. The van der Waals surface area contributed by atoms with Gasteiger partial charge >= 0.3 is 0 Å². The molecule has 1 nitrogen and oxygen atoms in total. The van der Waals surface area contributed by atoms with Gasteiger partial charge in [0, 0.05) is 17.5 Å². The second-order valence-electron chi connectivity index (χ2n) is 2.52. The number of aromatic nitrogens is 1. The van der Waals surface area contributed by atoms with Gasteiger partial charge in [0.15, 0.2) is 0 Å². The highest BCUT2D eigenvalue weighted by Gasteiger charge is 1.97. The van der Waals surface area contributed by atoms with Crippen molar-refractivity contribution in [1.29, 1.82) is 0 Å². The average molecular weight is 163 g/mol. The zero-order chi connectivity index (χ0) is 7.68. The van der Waals surface area contributed by atoms with Crippen LogP contribution >= 0.6 is 12.6 Å². The zero-order valence-corrected chi connectivity index (χ0v) is 6.94. The van der Waals surface area contributed by atoms with E-state index >= 15 is 0 Å². The quantitative estimate of drug-likeness (QED) is 0.601. The van der Waals surface area contributed by atoms with E-state index in [1.165, 1.54) is 16.5 Å². The van der Waals surface area contributed by atoms with Crippen LogP contribution in [0.5, 0.6) is 0 Å². The number of H-pyrrole nitrogens is 1. The number of fused-ring (bicyclic) bond motifs is 1. The molecule has 0 aliphatic rings. The van der Waals surface area contributed by atoms with E-state index < -0.39 is 0 Å². The minimum absolute atomic E-state index is 0.790. The van der Waals surface area contributed by atoms with Gasteiger partial charge in [-0.05, 0) is 17.0 Å². The number of para-hydroxylation sites is 1. The first kappa shape index (κ1) is 6.80. The van der Waals surface area contributed by atoms with E-state index in [4.69, 9.17) is 0 Å². The normalized spacial score (nSPS) is 10.6. The number of nitrogens with one attached hydrogen (secondary N) is 1. The monoisotopic (exact) mass is 163 g/mol. The second-order valence-corrected chi connectivity index (χ2v) is 2.83. The predicted molar refractivity (Wildman–Crippen MR) is 51.0 cm³/mol. The summed E-state index contributed by atoms with van der Waals surface area (Å²) in [5.41, 5.74) is 2.47. The van der Waals surface area contributed by atoms with E-state index in [1.54, 1.807) is 0 Å². The van der Waals surface area contributed by atoms with Crippen molar-refractivity contribution in [1.82, 2.24) is 4.98 Å². The number of hydrogen-bond donors (Lipinski definition) is 2. The van der Waals surface area contributed by atoms with Crippen molar-refractivity contribution < 1.29 is 0 Å². The summed E-state index contributed by atoms with van der Waals surface area (Å²) in [5, 5.41) is 1.26. The van der Waals surface area contributed by atoms with Gasteiger partial charge in [0.25, 0.3) is 0 Å². The van der Waals surface area contributed by atoms with Crippen LogP contribution in [0.4, 0.5) is 0 Å². The Morgan fingerprint density at radius 3 is 3.00 bits per heavy atom. The Morgan fingerprint density at radius 1 is 1.27 bits per heavy atom. The lowest BCUT2D eigenvalue weighted by molar-refractivity contribution is 1.40. The number of hydrogen-bond acceptors (Lipinski definition) is 1. The van der Waals surface area contributed by atoms with Crippen LogP contribution in [0.15, 0.2) is 30.5 Å². The molecule has 0 aliphatic heterocycles. The molecule has 1 aromatic carbocycles. The molecule has 1 heterocycles. The van der Waals surface area contributed by atoms with E-state index in [0.29, 0.717) is 0 Å². The Kier molecular flexibility index (Phi) is 1.62. The van der Waals surface area contributed by atoms with Crippen molar-refractivity contribution in [2.45, 2.75) is 5.75 Å².